The average Bonchev–Trinajstić information content (AvgIpc) is 1.25. The molecule has 0 saturated heterocycles. The van der Waals surface area contributed by atoms with Gasteiger partial charge in [0, 0.05) is 0 Å². The molecular formula is C2H4CaMgO8. The van der Waals surface area contributed by atoms with Crippen molar-refractivity contribution in [3.8, 4) is 0 Å². The fourth-order valence-corrected chi connectivity index (χ4v) is 0. The van der Waals surface area contributed by atoms with Gasteiger partial charge in [-0.1, -0.05) is 0 Å². The van der Waals surface area contributed by atoms with Gasteiger partial charge in [-0.05, 0) is 6.16 Å². The molecule has 0 radical (unpaired) electrons. The number of carboxylic acid groups (broad SMARTS) is 4. The summed E-state index contributed by atoms with van der Waals surface area (Å²) in [4.78, 5) is 16.8. The van der Waals surface area contributed by atoms with Crippen LogP contribution in [0.3, 0.4) is 0 Å². The maximum atomic E-state index is 8.44. The smallest absolute Gasteiger partial charge is 0.870 e. The van der Waals surface area contributed by atoms with Gasteiger partial charge in [-0.3, -0.25) is 0 Å². The second kappa shape index (κ2) is 30.0. The van der Waals surface area contributed by atoms with E-state index in [1.807, 2.05) is 0 Å². The first kappa shape index (κ1) is 39.2. The average molecular weight is 220 g/mol. The van der Waals surface area contributed by atoms with Crippen molar-refractivity contribution in [2.75, 3.05) is 0 Å². The minimum absolute atomic E-state index is 0. The van der Waals surface area contributed by atoms with Gasteiger partial charge >= 0.3 is 60.8 Å². The molecule has 0 amide bonds. The molecule has 0 saturated carbocycles. The molecule has 64 valence electrons. The molecule has 0 aromatic rings. The van der Waals surface area contributed by atoms with Crippen molar-refractivity contribution >= 4 is 73.1 Å². The van der Waals surface area contributed by atoms with Crippen LogP contribution in [0.4, 0.5) is 9.59 Å². The number of carbonyl (C=O) groups is 2. The summed E-state index contributed by atoms with van der Waals surface area (Å²) in [7, 11) is 0. The van der Waals surface area contributed by atoms with Gasteiger partial charge in [0.25, 0.3) is 0 Å². The Morgan fingerprint density at radius 2 is 1.08 bits per heavy atom. The third-order valence-corrected chi connectivity index (χ3v) is 0. The van der Waals surface area contributed by atoms with Crippen molar-refractivity contribution in [3.63, 3.8) is 0 Å². The Bertz CT molecular complexity index is 75.1. The topological polar surface area (TPSA) is 185 Å². The van der Waals surface area contributed by atoms with E-state index < -0.39 is 12.3 Å². The molecule has 12 heavy (non-hydrogen) atoms. The molecule has 10 heteroatoms. The fourth-order valence-electron chi connectivity index (χ4n) is 0. The Morgan fingerprint density at radius 1 is 1.08 bits per heavy atom. The number of carbonyl (C=O) groups excluding carboxylic acids is 1. The molecule has 0 atom stereocenters. The van der Waals surface area contributed by atoms with Crippen LogP contribution in [0.15, 0.2) is 0 Å². The molecule has 0 spiro atoms. The summed E-state index contributed by atoms with van der Waals surface area (Å²) in [6.07, 6.45) is -4.42. The van der Waals surface area contributed by atoms with E-state index in [4.69, 9.17) is 30.0 Å². The Hall–Kier alpha value is 0.486. The zero-order valence-corrected chi connectivity index (χ0v) is 9.47. The zero-order valence-electron chi connectivity index (χ0n) is 5.85. The molecule has 0 unspecified atom stereocenters. The van der Waals surface area contributed by atoms with E-state index in [1.54, 1.807) is 0 Å². The first-order chi connectivity index (χ1) is 3.46. The third-order valence-electron chi connectivity index (χ3n) is 0. The molecule has 0 bridgehead atoms. The minimum Gasteiger partial charge on any atom is -0.870 e. The summed E-state index contributed by atoms with van der Waals surface area (Å²) in [6.45, 7) is 0. The number of hydrogen-bond acceptors (Lipinski definition) is 6. The van der Waals surface area contributed by atoms with Crippen LogP contribution in [-0.2, 0) is 0 Å². The SMILES string of the molecule is O.O=C([O-])O.O=C([O-])[O-].[Ca+2].[Mg+2].[OH-]. The summed E-state index contributed by atoms with van der Waals surface area (Å²) in [6, 6.07) is 0. The van der Waals surface area contributed by atoms with Crippen LogP contribution in [0.5, 0.6) is 0 Å². The van der Waals surface area contributed by atoms with Gasteiger partial charge in [0.15, 0.2) is 0 Å². The zero-order chi connectivity index (χ0) is 7.15. The molecule has 0 fully saturated rings. The first-order valence-corrected chi connectivity index (χ1v) is 1.24. The first-order valence-electron chi connectivity index (χ1n) is 1.24. The molecule has 0 aromatic carbocycles. The van der Waals surface area contributed by atoms with Crippen LogP contribution in [0.25, 0.3) is 0 Å². The summed E-state index contributed by atoms with van der Waals surface area (Å²) >= 11 is 0. The van der Waals surface area contributed by atoms with Crippen LogP contribution in [0, 0.1) is 0 Å². The van der Waals surface area contributed by atoms with Gasteiger partial charge in [0.05, 0.1) is 0 Å². The van der Waals surface area contributed by atoms with E-state index in [0.717, 1.165) is 0 Å². The minimum atomic E-state index is -2.33. The van der Waals surface area contributed by atoms with Gasteiger partial charge in [0.1, 0.15) is 0 Å². The Labute approximate surface area is 113 Å². The molecule has 0 heterocycles. The fraction of sp³-hybridized carbons (Fsp3) is 0. The second-order valence-corrected chi connectivity index (χ2v) is 0.516. The van der Waals surface area contributed by atoms with Crippen LogP contribution in [-0.4, -0.2) is 89.2 Å². The molecule has 0 aliphatic heterocycles. The number of hydrogen-bond donors (Lipinski definition) is 1. The van der Waals surface area contributed by atoms with E-state index in [0.29, 0.717) is 0 Å². The molecule has 0 aromatic heterocycles. The maximum absolute atomic E-state index is 8.44. The van der Waals surface area contributed by atoms with E-state index >= 15 is 0 Å². The van der Waals surface area contributed by atoms with E-state index in [1.165, 1.54) is 0 Å². The van der Waals surface area contributed by atoms with Crippen LogP contribution in [0.2, 0.25) is 0 Å². The number of rotatable bonds is 0. The molecule has 8 nitrogen and oxygen atoms in total. The monoisotopic (exact) mass is 220 g/mol. The Morgan fingerprint density at radius 3 is 1.08 bits per heavy atom. The van der Waals surface area contributed by atoms with Crippen LogP contribution >= 0.6 is 0 Å². The molecule has 0 aliphatic carbocycles. The van der Waals surface area contributed by atoms with Crippen LogP contribution in [0.1, 0.15) is 0 Å². The van der Waals surface area contributed by atoms with Crippen molar-refractivity contribution in [2.24, 2.45) is 0 Å². The van der Waals surface area contributed by atoms with Gasteiger partial charge in [-0.2, -0.15) is 0 Å². The largest absolute Gasteiger partial charge is 2.00 e. The predicted molar refractivity (Wildman–Crippen MR) is 30.5 cm³/mol. The maximum Gasteiger partial charge on any atom is 2.00 e. The molecular weight excluding hydrogens is 216 g/mol. The summed E-state index contributed by atoms with van der Waals surface area (Å²) in [5, 5.41) is 32.0. The van der Waals surface area contributed by atoms with Gasteiger partial charge in [-0.15, -0.1) is 0 Å². The van der Waals surface area contributed by atoms with Crippen molar-refractivity contribution in [2.45, 2.75) is 0 Å². The third kappa shape index (κ3) is 4000. The molecule has 0 rings (SSSR count). The van der Waals surface area contributed by atoms with Crippen molar-refractivity contribution < 1.29 is 41.0 Å². The summed E-state index contributed by atoms with van der Waals surface area (Å²) in [5.74, 6) is 0. The van der Waals surface area contributed by atoms with E-state index in [2.05, 4.69) is 0 Å². The van der Waals surface area contributed by atoms with Gasteiger partial charge < -0.3 is 41.0 Å². The van der Waals surface area contributed by atoms with E-state index in [9.17, 15) is 0 Å². The predicted octanol–water partition coefficient (Wildman–Crippen LogP) is -5.32. The van der Waals surface area contributed by atoms with Crippen molar-refractivity contribution in [1.29, 1.82) is 0 Å². The summed E-state index contributed by atoms with van der Waals surface area (Å²) < 4.78 is 0. The molecule has 4 N–H and O–H groups in total. The Kier molecular flexibility index (Phi) is 98.0. The van der Waals surface area contributed by atoms with Crippen molar-refractivity contribution in [1.82, 2.24) is 0 Å². The molecule has 0 aliphatic rings. The quantitative estimate of drug-likeness (QED) is 0.395. The van der Waals surface area contributed by atoms with Crippen LogP contribution < -0.4 is 15.3 Å². The van der Waals surface area contributed by atoms with Crippen molar-refractivity contribution in [3.05, 3.63) is 0 Å². The second-order valence-electron chi connectivity index (χ2n) is 0.516. The standard InChI is InChI=1S/2CH2O3.Ca.Mg.2H2O/c2*2-1(3)4;;;;/h2*(H2,2,3,4);;;2*1H2/q;;2*+2;;/p-4. The van der Waals surface area contributed by atoms with E-state index in [-0.39, 0.29) is 71.7 Å². The summed E-state index contributed by atoms with van der Waals surface area (Å²) in [5.41, 5.74) is 0. The Balaban J connectivity index is -0.0000000112. The normalized spacial score (nSPS) is 4.00. The van der Waals surface area contributed by atoms with Gasteiger partial charge in [-0.25, -0.2) is 0 Å². The van der Waals surface area contributed by atoms with Gasteiger partial charge in [0.2, 0.25) is 6.16 Å².